The first kappa shape index (κ1) is 18.5. The van der Waals surface area contributed by atoms with E-state index in [1.165, 1.54) is 23.5 Å². The van der Waals surface area contributed by atoms with Crippen molar-refractivity contribution in [2.75, 3.05) is 0 Å². The number of rotatable bonds is 8. The molecular weight excluding hydrogens is 366 g/mol. The van der Waals surface area contributed by atoms with Crippen molar-refractivity contribution in [1.82, 2.24) is 10.3 Å². The maximum atomic E-state index is 12.0. The topological polar surface area (TPSA) is 94.4 Å². The molecule has 0 fully saturated rings. The normalized spacial score (nSPS) is 10.4. The predicted molar refractivity (Wildman–Crippen MR) is 102 cm³/mol. The molecule has 2 aromatic carbocycles. The molecule has 138 valence electrons. The summed E-state index contributed by atoms with van der Waals surface area (Å²) in [6, 6.07) is 13.7. The zero-order valence-electron chi connectivity index (χ0n) is 14.3. The fraction of sp³-hybridized carbons (Fsp3) is 0.158. The van der Waals surface area contributed by atoms with Crippen LogP contribution in [-0.4, -0.2) is 15.8 Å². The molecule has 27 heavy (non-hydrogen) atoms. The Kier molecular flexibility index (Phi) is 6.11. The third-order valence-corrected chi connectivity index (χ3v) is 4.46. The lowest BCUT2D eigenvalue weighted by Crippen LogP contribution is -2.22. The Bertz CT molecular complexity index is 894. The third kappa shape index (κ3) is 5.61. The summed E-state index contributed by atoms with van der Waals surface area (Å²) in [6.45, 7) is 0.427. The molecule has 7 nitrogen and oxygen atoms in total. The number of nitrogens with zero attached hydrogens (tertiary/aromatic N) is 2. The standard InChI is InChI=1S/C19H17N3O4S/c23-18(10-5-14-1-6-16(7-2-14)22(24)25)21-13-15-3-8-17(9-4-15)26-19-20-11-12-27-19/h1-4,6-9,11-12H,5,10,13H2,(H,21,23). The van der Waals surface area contributed by atoms with Gasteiger partial charge in [-0.2, -0.15) is 0 Å². The van der Waals surface area contributed by atoms with Crippen molar-refractivity contribution < 1.29 is 14.5 Å². The van der Waals surface area contributed by atoms with Crippen LogP contribution in [0.1, 0.15) is 17.5 Å². The molecule has 1 aromatic heterocycles. The van der Waals surface area contributed by atoms with E-state index in [-0.39, 0.29) is 11.6 Å². The number of hydrogen-bond acceptors (Lipinski definition) is 6. The van der Waals surface area contributed by atoms with Crippen LogP contribution < -0.4 is 10.1 Å². The smallest absolute Gasteiger partial charge is 0.278 e. The maximum Gasteiger partial charge on any atom is 0.278 e. The van der Waals surface area contributed by atoms with Gasteiger partial charge in [-0.3, -0.25) is 14.9 Å². The lowest BCUT2D eigenvalue weighted by Gasteiger charge is -2.07. The molecule has 0 unspecified atom stereocenters. The van der Waals surface area contributed by atoms with E-state index in [1.54, 1.807) is 18.3 Å². The van der Waals surface area contributed by atoms with Crippen LogP contribution in [0, 0.1) is 10.1 Å². The van der Waals surface area contributed by atoms with Crippen molar-refractivity contribution in [1.29, 1.82) is 0 Å². The highest BCUT2D eigenvalue weighted by Gasteiger charge is 2.06. The molecule has 1 amide bonds. The number of non-ortho nitro benzene ring substituents is 1. The quantitative estimate of drug-likeness (QED) is 0.467. The second kappa shape index (κ2) is 8.91. The number of benzene rings is 2. The second-order valence-corrected chi connectivity index (χ2v) is 6.60. The largest absolute Gasteiger partial charge is 0.431 e. The highest BCUT2D eigenvalue weighted by molar-refractivity contribution is 7.11. The van der Waals surface area contributed by atoms with Gasteiger partial charge in [0.1, 0.15) is 5.75 Å². The summed E-state index contributed by atoms with van der Waals surface area (Å²) in [5.74, 6) is 0.620. The van der Waals surface area contributed by atoms with Gasteiger partial charge < -0.3 is 10.1 Å². The first-order chi connectivity index (χ1) is 13.1. The van der Waals surface area contributed by atoms with Gasteiger partial charge in [0, 0.05) is 36.7 Å². The fourth-order valence-corrected chi connectivity index (χ4v) is 2.87. The van der Waals surface area contributed by atoms with Gasteiger partial charge in [-0.1, -0.05) is 35.6 Å². The summed E-state index contributed by atoms with van der Waals surface area (Å²) >= 11 is 1.42. The fourth-order valence-electron chi connectivity index (χ4n) is 2.37. The van der Waals surface area contributed by atoms with Crippen LogP contribution in [0.4, 0.5) is 5.69 Å². The molecule has 0 bridgehead atoms. The Morgan fingerprint density at radius 2 is 1.81 bits per heavy atom. The number of nitro groups is 1. The number of carbonyl (C=O) groups is 1. The van der Waals surface area contributed by atoms with E-state index in [4.69, 9.17) is 4.74 Å². The Morgan fingerprint density at radius 1 is 1.11 bits per heavy atom. The van der Waals surface area contributed by atoms with Gasteiger partial charge in [-0.25, -0.2) is 4.98 Å². The van der Waals surface area contributed by atoms with Gasteiger partial charge in [-0.05, 0) is 29.7 Å². The molecule has 0 saturated heterocycles. The van der Waals surface area contributed by atoms with E-state index >= 15 is 0 Å². The third-order valence-electron chi connectivity index (χ3n) is 3.82. The van der Waals surface area contributed by atoms with Crippen molar-refractivity contribution in [3.05, 3.63) is 81.3 Å². The molecule has 8 heteroatoms. The van der Waals surface area contributed by atoms with Gasteiger partial charge in [0.15, 0.2) is 0 Å². The van der Waals surface area contributed by atoms with Crippen LogP contribution in [0.3, 0.4) is 0 Å². The summed E-state index contributed by atoms with van der Waals surface area (Å²) < 4.78 is 5.59. The molecule has 3 rings (SSSR count). The number of amides is 1. The lowest BCUT2D eigenvalue weighted by molar-refractivity contribution is -0.384. The summed E-state index contributed by atoms with van der Waals surface area (Å²) in [5, 5.41) is 15.9. The van der Waals surface area contributed by atoms with Crippen molar-refractivity contribution >= 4 is 22.9 Å². The molecule has 1 heterocycles. The second-order valence-electron chi connectivity index (χ2n) is 5.74. The molecule has 0 aliphatic rings. The number of nitro benzene ring substituents is 1. The molecule has 0 spiro atoms. The van der Waals surface area contributed by atoms with Gasteiger partial charge >= 0.3 is 0 Å². The average Bonchev–Trinajstić information content (AvgIpc) is 3.19. The number of aromatic nitrogens is 1. The summed E-state index contributed by atoms with van der Waals surface area (Å²) in [6.07, 6.45) is 2.54. The average molecular weight is 383 g/mol. The highest BCUT2D eigenvalue weighted by Crippen LogP contribution is 2.23. The zero-order chi connectivity index (χ0) is 19.1. The Hall–Kier alpha value is -3.26. The molecule has 0 atom stereocenters. The maximum absolute atomic E-state index is 12.0. The minimum Gasteiger partial charge on any atom is -0.431 e. The highest BCUT2D eigenvalue weighted by atomic mass is 32.1. The van der Waals surface area contributed by atoms with Crippen LogP contribution in [0.5, 0.6) is 10.9 Å². The van der Waals surface area contributed by atoms with Crippen LogP contribution in [0.25, 0.3) is 0 Å². The first-order valence-electron chi connectivity index (χ1n) is 8.26. The van der Waals surface area contributed by atoms with Crippen molar-refractivity contribution in [2.45, 2.75) is 19.4 Å². The SMILES string of the molecule is O=C(CCc1ccc([N+](=O)[O-])cc1)NCc1ccc(Oc2nccs2)cc1. The lowest BCUT2D eigenvalue weighted by atomic mass is 10.1. The van der Waals surface area contributed by atoms with Crippen molar-refractivity contribution in [3.63, 3.8) is 0 Å². The first-order valence-corrected chi connectivity index (χ1v) is 9.14. The Balaban J connectivity index is 1.42. The Morgan fingerprint density at radius 3 is 2.44 bits per heavy atom. The monoisotopic (exact) mass is 383 g/mol. The number of carbonyl (C=O) groups excluding carboxylic acids is 1. The van der Waals surface area contributed by atoms with E-state index in [2.05, 4.69) is 10.3 Å². The zero-order valence-corrected chi connectivity index (χ0v) is 15.1. The summed E-state index contributed by atoms with van der Waals surface area (Å²) in [5.41, 5.74) is 1.90. The predicted octanol–water partition coefficient (Wildman–Crippen LogP) is 4.09. The molecule has 1 N–H and O–H groups in total. The van der Waals surface area contributed by atoms with Gasteiger partial charge in [0.25, 0.3) is 10.9 Å². The van der Waals surface area contributed by atoms with E-state index in [1.807, 2.05) is 29.6 Å². The van der Waals surface area contributed by atoms with Crippen molar-refractivity contribution in [2.24, 2.45) is 0 Å². The van der Waals surface area contributed by atoms with E-state index < -0.39 is 4.92 Å². The van der Waals surface area contributed by atoms with E-state index in [9.17, 15) is 14.9 Å². The molecule has 0 radical (unpaired) electrons. The number of hydrogen-bond donors (Lipinski definition) is 1. The summed E-state index contributed by atoms with van der Waals surface area (Å²) in [4.78, 5) is 26.2. The molecule has 3 aromatic rings. The summed E-state index contributed by atoms with van der Waals surface area (Å²) in [7, 11) is 0. The van der Waals surface area contributed by atoms with Crippen LogP contribution in [0.15, 0.2) is 60.1 Å². The number of thiazole rings is 1. The number of ether oxygens (including phenoxy) is 1. The Labute approximate surface area is 159 Å². The number of nitrogens with one attached hydrogen (secondary N) is 1. The van der Waals surface area contributed by atoms with Gasteiger partial charge in [0.2, 0.25) is 5.91 Å². The minimum atomic E-state index is -0.441. The van der Waals surface area contributed by atoms with Crippen molar-refractivity contribution in [3.8, 4) is 10.9 Å². The van der Waals surface area contributed by atoms with Crippen LogP contribution >= 0.6 is 11.3 Å². The van der Waals surface area contributed by atoms with Gasteiger partial charge in [0.05, 0.1) is 4.92 Å². The van der Waals surface area contributed by atoms with E-state index in [0.717, 1.165) is 11.1 Å². The molecule has 0 aliphatic carbocycles. The number of aryl methyl sites for hydroxylation is 1. The van der Waals surface area contributed by atoms with E-state index in [0.29, 0.717) is 30.3 Å². The molecular formula is C19H17N3O4S. The minimum absolute atomic E-state index is 0.0467. The molecule has 0 aliphatic heterocycles. The van der Waals surface area contributed by atoms with Crippen LogP contribution in [-0.2, 0) is 17.8 Å². The molecule has 0 saturated carbocycles. The van der Waals surface area contributed by atoms with Crippen LogP contribution in [0.2, 0.25) is 0 Å². The van der Waals surface area contributed by atoms with Gasteiger partial charge in [-0.15, -0.1) is 0 Å².